The van der Waals surface area contributed by atoms with Crippen LogP contribution < -0.4 is 4.90 Å². The number of hydrogen-bond acceptors (Lipinski definition) is 6. The minimum Gasteiger partial charge on any atom is -0.477 e. The first kappa shape index (κ1) is 21.3. The largest absolute Gasteiger partial charge is 0.477 e. The maximum atomic E-state index is 11.7. The number of fused-ring (bicyclic) bond motifs is 1. The number of nitrogens with zero attached hydrogens (tertiary/aromatic N) is 4. The molecule has 32 heavy (non-hydrogen) atoms. The van der Waals surface area contributed by atoms with Crippen molar-refractivity contribution in [2.75, 3.05) is 31.1 Å². The third kappa shape index (κ3) is 4.11. The Balaban J connectivity index is 1.39. The van der Waals surface area contributed by atoms with Gasteiger partial charge in [0.25, 0.3) is 0 Å². The van der Waals surface area contributed by atoms with Gasteiger partial charge >= 0.3 is 5.97 Å². The number of aromatic carboxylic acids is 1. The fourth-order valence-corrected chi connectivity index (χ4v) is 6.01. The fourth-order valence-electron chi connectivity index (χ4n) is 4.97. The van der Waals surface area contributed by atoms with E-state index in [0.717, 1.165) is 39.6 Å². The highest BCUT2D eigenvalue weighted by Gasteiger charge is 2.30. The number of thiazole rings is 1. The van der Waals surface area contributed by atoms with Crippen LogP contribution in [0.3, 0.4) is 0 Å². The van der Waals surface area contributed by atoms with Crippen molar-refractivity contribution in [2.24, 2.45) is 0 Å². The number of benzene rings is 1. The Bertz CT molecular complexity index is 1140. The van der Waals surface area contributed by atoms with Gasteiger partial charge in [0.1, 0.15) is 0 Å². The summed E-state index contributed by atoms with van der Waals surface area (Å²) >= 11 is 1.72. The first-order chi connectivity index (χ1) is 15.5. The van der Waals surface area contributed by atoms with E-state index in [1.54, 1.807) is 11.3 Å². The molecule has 2 fully saturated rings. The molecule has 0 bridgehead atoms. The molecule has 6 nitrogen and oxygen atoms in total. The third-order valence-electron chi connectivity index (χ3n) is 6.76. The Morgan fingerprint density at radius 2 is 1.91 bits per heavy atom. The summed E-state index contributed by atoms with van der Waals surface area (Å²) < 4.78 is 1.12. The molecule has 1 aromatic carbocycles. The van der Waals surface area contributed by atoms with Crippen molar-refractivity contribution in [3.63, 3.8) is 0 Å². The van der Waals surface area contributed by atoms with Gasteiger partial charge in [-0.15, -0.1) is 0 Å². The number of piperidine rings is 1. The van der Waals surface area contributed by atoms with Crippen molar-refractivity contribution >= 4 is 32.7 Å². The smallest absolute Gasteiger partial charge is 0.354 e. The molecular formula is C25H30N4O2S. The number of anilines is 1. The van der Waals surface area contributed by atoms with Crippen molar-refractivity contribution in [3.8, 4) is 11.3 Å². The van der Waals surface area contributed by atoms with Crippen LogP contribution in [0.1, 0.15) is 61.5 Å². The van der Waals surface area contributed by atoms with E-state index in [1.165, 1.54) is 38.8 Å². The van der Waals surface area contributed by atoms with Crippen molar-refractivity contribution < 1.29 is 9.90 Å². The number of carboxylic acid groups (broad SMARTS) is 1. The van der Waals surface area contributed by atoms with E-state index in [2.05, 4.69) is 20.9 Å². The maximum Gasteiger partial charge on any atom is 0.354 e. The summed E-state index contributed by atoms with van der Waals surface area (Å²) in [6, 6.07) is 10.6. The van der Waals surface area contributed by atoms with Crippen LogP contribution in [-0.2, 0) is 0 Å². The zero-order valence-electron chi connectivity index (χ0n) is 18.8. The molecule has 0 aliphatic carbocycles. The van der Waals surface area contributed by atoms with Gasteiger partial charge in [-0.3, -0.25) is 4.90 Å². The van der Waals surface area contributed by atoms with Gasteiger partial charge in [-0.1, -0.05) is 43.7 Å². The van der Waals surface area contributed by atoms with E-state index in [-0.39, 0.29) is 11.6 Å². The fraction of sp³-hybridized carbons (Fsp3) is 0.480. The van der Waals surface area contributed by atoms with E-state index in [0.29, 0.717) is 11.7 Å². The van der Waals surface area contributed by atoms with Crippen LogP contribution in [0.25, 0.3) is 21.5 Å². The molecule has 5 rings (SSSR count). The Morgan fingerprint density at radius 1 is 1.09 bits per heavy atom. The molecule has 2 aromatic heterocycles. The van der Waals surface area contributed by atoms with Crippen LogP contribution in [0.5, 0.6) is 0 Å². The minimum absolute atomic E-state index is 0.114. The molecule has 3 aromatic rings. The monoisotopic (exact) mass is 450 g/mol. The van der Waals surface area contributed by atoms with E-state index in [4.69, 9.17) is 4.98 Å². The van der Waals surface area contributed by atoms with Crippen LogP contribution in [0.4, 0.5) is 5.13 Å². The average molecular weight is 451 g/mol. The van der Waals surface area contributed by atoms with Crippen LogP contribution >= 0.6 is 11.3 Å². The second-order valence-electron chi connectivity index (χ2n) is 9.26. The summed E-state index contributed by atoms with van der Waals surface area (Å²) in [4.78, 5) is 26.2. The summed E-state index contributed by atoms with van der Waals surface area (Å²) in [6.45, 7) is 8.58. The summed E-state index contributed by atoms with van der Waals surface area (Å²) in [6.07, 6.45) is 5.24. The molecule has 1 unspecified atom stereocenters. The maximum absolute atomic E-state index is 11.7. The summed E-state index contributed by atoms with van der Waals surface area (Å²) in [7, 11) is 0. The van der Waals surface area contributed by atoms with Gasteiger partial charge in [-0.2, -0.15) is 0 Å². The summed E-state index contributed by atoms with van der Waals surface area (Å²) in [5.41, 5.74) is 3.52. The first-order valence-electron chi connectivity index (χ1n) is 11.6. The molecule has 7 heteroatoms. The lowest BCUT2D eigenvalue weighted by Crippen LogP contribution is -2.40. The minimum atomic E-state index is -0.978. The molecule has 2 aliphatic heterocycles. The third-order valence-corrected chi connectivity index (χ3v) is 7.84. The van der Waals surface area contributed by atoms with E-state index >= 15 is 0 Å². The molecule has 1 N–H and O–H groups in total. The molecule has 1 atom stereocenters. The normalized spacial score (nSPS) is 19.8. The highest BCUT2D eigenvalue weighted by atomic mass is 32.1. The molecule has 0 amide bonds. The van der Waals surface area contributed by atoms with E-state index in [9.17, 15) is 9.90 Å². The Morgan fingerprint density at radius 3 is 2.66 bits per heavy atom. The Kier molecular flexibility index (Phi) is 5.86. The van der Waals surface area contributed by atoms with Crippen LogP contribution in [0.15, 0.2) is 30.3 Å². The van der Waals surface area contributed by atoms with Crippen molar-refractivity contribution in [1.29, 1.82) is 0 Å². The van der Waals surface area contributed by atoms with Crippen LogP contribution in [0.2, 0.25) is 0 Å². The summed E-state index contributed by atoms with van der Waals surface area (Å²) in [5, 5.41) is 10.7. The molecule has 0 spiro atoms. The second-order valence-corrected chi connectivity index (χ2v) is 10.3. The first-order valence-corrected chi connectivity index (χ1v) is 12.5. The predicted molar refractivity (Wildman–Crippen MR) is 130 cm³/mol. The highest BCUT2D eigenvalue weighted by Crippen LogP contribution is 2.34. The van der Waals surface area contributed by atoms with Gasteiger partial charge in [0.2, 0.25) is 0 Å². The zero-order valence-corrected chi connectivity index (χ0v) is 19.6. The lowest BCUT2D eigenvalue weighted by atomic mass is 9.99. The molecule has 0 saturated carbocycles. The lowest BCUT2D eigenvalue weighted by molar-refractivity contribution is 0.0689. The van der Waals surface area contributed by atoms with E-state index in [1.807, 2.05) is 38.1 Å². The number of carbonyl (C=O) groups is 1. The standard InChI is InChI=1S/C25H30N4O2S/c1-16(2)19-7-9-20(26-23(19)24(30)31)17-6-8-21-22(14-17)32-25(27-21)29-13-10-18(15-29)28-11-4-3-5-12-28/h6-9,14,16,18H,3-5,10-13,15H2,1-2H3,(H,30,31). The number of hydrogen-bond donors (Lipinski definition) is 1. The second kappa shape index (κ2) is 8.79. The SMILES string of the molecule is CC(C)c1ccc(-c2ccc3nc(N4CCC(N5CCCCC5)C4)sc3c2)nc1C(=O)O. The predicted octanol–water partition coefficient (Wildman–Crippen LogP) is 5.24. The van der Waals surface area contributed by atoms with Gasteiger partial charge in [0, 0.05) is 24.7 Å². The van der Waals surface area contributed by atoms with Crippen LogP contribution in [0, 0.1) is 0 Å². The van der Waals surface area contributed by atoms with Crippen LogP contribution in [-0.4, -0.2) is 58.2 Å². The molecule has 0 radical (unpaired) electrons. The van der Waals surface area contributed by atoms with Crippen molar-refractivity contribution in [3.05, 3.63) is 41.6 Å². The Hall–Kier alpha value is -2.51. The summed E-state index contributed by atoms with van der Waals surface area (Å²) in [5.74, 6) is -0.864. The molecule has 2 saturated heterocycles. The lowest BCUT2D eigenvalue weighted by Gasteiger charge is -2.32. The van der Waals surface area contributed by atoms with Gasteiger partial charge in [0.05, 0.1) is 15.9 Å². The number of carboxylic acids is 1. The molecule has 2 aliphatic rings. The topological polar surface area (TPSA) is 69.6 Å². The van der Waals surface area contributed by atoms with Crippen molar-refractivity contribution in [2.45, 2.75) is 51.5 Å². The van der Waals surface area contributed by atoms with Gasteiger partial charge < -0.3 is 10.0 Å². The number of rotatable bonds is 5. The van der Waals surface area contributed by atoms with Gasteiger partial charge in [-0.25, -0.2) is 14.8 Å². The highest BCUT2D eigenvalue weighted by molar-refractivity contribution is 7.22. The molecular weight excluding hydrogens is 420 g/mol. The molecule has 4 heterocycles. The van der Waals surface area contributed by atoms with E-state index < -0.39 is 5.97 Å². The van der Waals surface area contributed by atoms with Crippen molar-refractivity contribution in [1.82, 2.24) is 14.9 Å². The Labute approximate surface area is 192 Å². The number of pyridine rings is 1. The quantitative estimate of drug-likeness (QED) is 0.573. The van der Waals surface area contributed by atoms with Gasteiger partial charge in [-0.05, 0) is 62.0 Å². The molecule has 168 valence electrons. The average Bonchev–Trinajstić information content (AvgIpc) is 3.46. The number of aromatic nitrogens is 2. The zero-order chi connectivity index (χ0) is 22.2. The van der Waals surface area contributed by atoms with Gasteiger partial charge in [0.15, 0.2) is 10.8 Å². The number of likely N-dealkylation sites (tertiary alicyclic amines) is 1.